The van der Waals surface area contributed by atoms with Crippen LogP contribution in [0.5, 0.6) is 0 Å². The lowest BCUT2D eigenvalue weighted by Crippen LogP contribution is -1.98. The molecule has 0 unspecified atom stereocenters. The molecule has 0 saturated carbocycles. The SMILES string of the molecule is O=C(O)c1cc(SCn2cccn2)ccc1Br. The van der Waals surface area contributed by atoms with Crippen molar-refractivity contribution in [3.63, 3.8) is 0 Å². The second-order valence-corrected chi connectivity index (χ2v) is 5.14. The quantitative estimate of drug-likeness (QED) is 0.881. The van der Waals surface area contributed by atoms with Gasteiger partial charge in [-0.1, -0.05) is 0 Å². The maximum absolute atomic E-state index is 11.0. The second-order valence-electron chi connectivity index (χ2n) is 3.27. The molecule has 2 aromatic rings. The highest BCUT2D eigenvalue weighted by Gasteiger charge is 2.09. The summed E-state index contributed by atoms with van der Waals surface area (Å²) in [5.74, 6) is -0.272. The van der Waals surface area contributed by atoms with Crippen LogP contribution in [0.1, 0.15) is 10.4 Å². The molecule has 0 fully saturated rings. The highest BCUT2D eigenvalue weighted by molar-refractivity contribution is 9.10. The van der Waals surface area contributed by atoms with Crippen molar-refractivity contribution < 1.29 is 9.90 Å². The number of aromatic carboxylic acids is 1. The van der Waals surface area contributed by atoms with E-state index in [-0.39, 0.29) is 5.56 Å². The van der Waals surface area contributed by atoms with Gasteiger partial charge in [0.05, 0.1) is 11.4 Å². The topological polar surface area (TPSA) is 55.1 Å². The summed E-state index contributed by atoms with van der Waals surface area (Å²) >= 11 is 4.75. The summed E-state index contributed by atoms with van der Waals surface area (Å²) in [6, 6.07) is 7.13. The van der Waals surface area contributed by atoms with Crippen molar-refractivity contribution in [2.24, 2.45) is 0 Å². The van der Waals surface area contributed by atoms with Crippen LogP contribution >= 0.6 is 27.7 Å². The molecule has 0 saturated heterocycles. The smallest absolute Gasteiger partial charge is 0.336 e. The van der Waals surface area contributed by atoms with Gasteiger partial charge in [-0.2, -0.15) is 5.10 Å². The predicted octanol–water partition coefficient (Wildman–Crippen LogP) is 3.09. The van der Waals surface area contributed by atoms with Gasteiger partial charge in [0.15, 0.2) is 0 Å². The van der Waals surface area contributed by atoms with Crippen LogP contribution in [0.3, 0.4) is 0 Å². The van der Waals surface area contributed by atoms with E-state index in [1.807, 2.05) is 18.3 Å². The number of benzene rings is 1. The van der Waals surface area contributed by atoms with Gasteiger partial charge in [0.2, 0.25) is 0 Å². The maximum atomic E-state index is 11.0. The molecule has 0 radical (unpaired) electrons. The number of carboxylic acid groups (broad SMARTS) is 1. The highest BCUT2D eigenvalue weighted by atomic mass is 79.9. The van der Waals surface area contributed by atoms with Crippen molar-refractivity contribution in [1.29, 1.82) is 0 Å². The lowest BCUT2D eigenvalue weighted by atomic mass is 10.2. The maximum Gasteiger partial charge on any atom is 0.336 e. The van der Waals surface area contributed by atoms with Crippen LogP contribution < -0.4 is 0 Å². The van der Waals surface area contributed by atoms with Gasteiger partial charge in [0, 0.05) is 21.8 Å². The fourth-order valence-corrected chi connectivity index (χ4v) is 2.49. The highest BCUT2D eigenvalue weighted by Crippen LogP contribution is 2.25. The first-order valence-electron chi connectivity index (χ1n) is 4.80. The van der Waals surface area contributed by atoms with Crippen molar-refractivity contribution in [3.05, 3.63) is 46.7 Å². The van der Waals surface area contributed by atoms with Gasteiger partial charge >= 0.3 is 5.97 Å². The van der Waals surface area contributed by atoms with Crippen molar-refractivity contribution in [2.45, 2.75) is 10.8 Å². The van der Waals surface area contributed by atoms with E-state index in [9.17, 15) is 4.79 Å². The molecular weight excluding hydrogens is 304 g/mol. The van der Waals surface area contributed by atoms with Gasteiger partial charge in [0.25, 0.3) is 0 Å². The van der Waals surface area contributed by atoms with Crippen LogP contribution in [0.25, 0.3) is 0 Å². The van der Waals surface area contributed by atoms with Gasteiger partial charge in [-0.05, 0) is 40.2 Å². The summed E-state index contributed by atoms with van der Waals surface area (Å²) in [7, 11) is 0. The molecule has 0 bridgehead atoms. The Bertz CT molecular complexity index is 528. The third-order valence-corrected chi connectivity index (χ3v) is 3.76. The summed E-state index contributed by atoms with van der Waals surface area (Å²) < 4.78 is 2.38. The van der Waals surface area contributed by atoms with Crippen LogP contribution in [0, 0.1) is 0 Å². The summed E-state index contributed by atoms with van der Waals surface area (Å²) in [6.07, 6.45) is 3.58. The normalized spacial score (nSPS) is 10.4. The number of carboxylic acids is 1. The van der Waals surface area contributed by atoms with E-state index in [1.54, 1.807) is 23.0 Å². The summed E-state index contributed by atoms with van der Waals surface area (Å²) in [5, 5.41) is 13.1. The van der Waals surface area contributed by atoms with Crippen LogP contribution in [-0.2, 0) is 5.88 Å². The number of hydrogen-bond donors (Lipinski definition) is 1. The molecule has 4 nitrogen and oxygen atoms in total. The molecule has 0 aliphatic carbocycles. The standard InChI is InChI=1S/C11H9BrN2O2S/c12-10-3-2-8(6-9(10)11(15)16)17-7-14-5-1-4-13-14/h1-6H,7H2,(H,15,16). The fourth-order valence-electron chi connectivity index (χ4n) is 1.28. The first-order valence-corrected chi connectivity index (χ1v) is 6.58. The Kier molecular flexibility index (Phi) is 3.86. The molecule has 1 heterocycles. The summed E-state index contributed by atoms with van der Waals surface area (Å²) in [5.41, 5.74) is 0.274. The Hall–Kier alpha value is -1.27. The Morgan fingerprint density at radius 2 is 2.35 bits per heavy atom. The van der Waals surface area contributed by atoms with Crippen molar-refractivity contribution in [3.8, 4) is 0 Å². The second kappa shape index (κ2) is 5.37. The zero-order chi connectivity index (χ0) is 12.3. The van der Waals surface area contributed by atoms with Gasteiger partial charge in [-0.3, -0.25) is 4.68 Å². The Morgan fingerprint density at radius 1 is 1.53 bits per heavy atom. The molecule has 88 valence electrons. The number of carbonyl (C=O) groups is 1. The van der Waals surface area contributed by atoms with Crippen LogP contribution in [-0.4, -0.2) is 20.9 Å². The van der Waals surface area contributed by atoms with E-state index in [0.29, 0.717) is 10.3 Å². The predicted molar refractivity (Wildman–Crippen MR) is 69.2 cm³/mol. The average molecular weight is 313 g/mol. The number of nitrogens with zero attached hydrogens (tertiary/aromatic N) is 2. The average Bonchev–Trinajstić information content (AvgIpc) is 2.80. The van der Waals surface area contributed by atoms with E-state index >= 15 is 0 Å². The first kappa shape index (κ1) is 12.2. The molecule has 0 atom stereocenters. The van der Waals surface area contributed by atoms with E-state index in [0.717, 1.165) is 4.90 Å². The minimum Gasteiger partial charge on any atom is -0.478 e. The molecule has 0 aliphatic heterocycles. The molecule has 6 heteroatoms. The van der Waals surface area contributed by atoms with Crippen LogP contribution in [0.15, 0.2) is 46.0 Å². The third kappa shape index (κ3) is 3.10. The molecule has 2 rings (SSSR count). The number of thioether (sulfide) groups is 1. The van der Waals surface area contributed by atoms with Crippen molar-refractivity contribution in [2.75, 3.05) is 0 Å². The molecule has 0 amide bonds. The molecule has 0 spiro atoms. The number of rotatable bonds is 4. The van der Waals surface area contributed by atoms with Crippen molar-refractivity contribution >= 4 is 33.7 Å². The molecule has 1 aromatic carbocycles. The zero-order valence-electron chi connectivity index (χ0n) is 8.71. The van der Waals surface area contributed by atoms with Gasteiger partial charge in [-0.25, -0.2) is 4.79 Å². The van der Waals surface area contributed by atoms with E-state index in [2.05, 4.69) is 21.0 Å². The monoisotopic (exact) mass is 312 g/mol. The van der Waals surface area contributed by atoms with Crippen LogP contribution in [0.2, 0.25) is 0 Å². The largest absolute Gasteiger partial charge is 0.478 e. The fraction of sp³-hybridized carbons (Fsp3) is 0.0909. The first-order chi connectivity index (χ1) is 8.16. The minimum atomic E-state index is -0.932. The molecule has 1 N–H and O–H groups in total. The molecule has 1 aromatic heterocycles. The third-order valence-electron chi connectivity index (χ3n) is 2.09. The Balaban J connectivity index is 2.11. The Labute approximate surface area is 111 Å². The lowest BCUT2D eigenvalue weighted by Gasteiger charge is -2.04. The number of aromatic nitrogens is 2. The molecule has 0 aliphatic rings. The minimum absolute atomic E-state index is 0.274. The molecule has 17 heavy (non-hydrogen) atoms. The summed E-state index contributed by atoms with van der Waals surface area (Å²) in [6.45, 7) is 0. The molecular formula is C11H9BrN2O2S. The van der Waals surface area contributed by atoms with Gasteiger partial charge < -0.3 is 5.11 Å². The van der Waals surface area contributed by atoms with Crippen molar-refractivity contribution in [1.82, 2.24) is 9.78 Å². The summed E-state index contributed by atoms with van der Waals surface area (Å²) in [4.78, 5) is 11.9. The van der Waals surface area contributed by atoms with E-state index < -0.39 is 5.97 Å². The van der Waals surface area contributed by atoms with Gasteiger partial charge in [-0.15, -0.1) is 11.8 Å². The number of hydrogen-bond acceptors (Lipinski definition) is 3. The van der Waals surface area contributed by atoms with Crippen LogP contribution in [0.4, 0.5) is 0 Å². The number of halogens is 1. The van der Waals surface area contributed by atoms with E-state index in [4.69, 9.17) is 5.11 Å². The lowest BCUT2D eigenvalue weighted by molar-refractivity contribution is 0.0695. The van der Waals surface area contributed by atoms with E-state index in [1.165, 1.54) is 11.8 Å². The Morgan fingerprint density at radius 3 is 3.00 bits per heavy atom. The zero-order valence-corrected chi connectivity index (χ0v) is 11.1. The van der Waals surface area contributed by atoms with Gasteiger partial charge in [0.1, 0.15) is 0 Å².